The smallest absolute Gasteiger partial charge is 0.355 e. The van der Waals surface area contributed by atoms with Crippen molar-refractivity contribution in [3.8, 4) is 0 Å². The topological polar surface area (TPSA) is 99.5 Å². The second-order valence-corrected chi connectivity index (χ2v) is 2.95. The number of aromatic carboxylic acids is 1. The lowest BCUT2D eigenvalue weighted by Gasteiger charge is -1.94. The Morgan fingerprint density at radius 1 is 1.54 bits per heavy atom. The Labute approximate surface area is 76.8 Å². The molecule has 0 saturated carbocycles. The van der Waals surface area contributed by atoms with Gasteiger partial charge in [0.2, 0.25) is 0 Å². The average molecular weight is 202 g/mol. The Morgan fingerprint density at radius 2 is 2.23 bits per heavy atom. The summed E-state index contributed by atoms with van der Waals surface area (Å²) in [6, 6.07) is 0. The minimum absolute atomic E-state index is 0.0853. The zero-order valence-electron chi connectivity index (χ0n) is 6.35. The van der Waals surface area contributed by atoms with E-state index in [0.717, 1.165) is 11.3 Å². The predicted octanol–water partition coefficient (Wildman–Crippen LogP) is 0.338. The molecule has 6 nitrogen and oxygen atoms in total. The minimum atomic E-state index is -1.13. The summed E-state index contributed by atoms with van der Waals surface area (Å²) in [4.78, 5) is 24.1. The van der Waals surface area contributed by atoms with Gasteiger partial charge >= 0.3 is 11.9 Å². The van der Waals surface area contributed by atoms with Crippen LogP contribution in [0.25, 0.3) is 0 Å². The number of anilines is 1. The Bertz CT molecular complexity index is 335. The first-order chi connectivity index (χ1) is 6.09. The summed E-state index contributed by atoms with van der Waals surface area (Å²) in [6.45, 7) is -0.271. The zero-order valence-corrected chi connectivity index (χ0v) is 7.17. The maximum absolute atomic E-state index is 10.4. The molecule has 3 N–H and O–H groups in total. The number of nitrogens with zero attached hydrogens (tertiary/aromatic N) is 1. The molecule has 0 aliphatic carbocycles. The number of hydrogen-bond donors (Lipinski definition) is 3. The highest BCUT2D eigenvalue weighted by Crippen LogP contribution is 2.14. The Balaban J connectivity index is 2.59. The molecule has 1 rings (SSSR count). The van der Waals surface area contributed by atoms with Crippen LogP contribution in [0.4, 0.5) is 5.13 Å². The van der Waals surface area contributed by atoms with Gasteiger partial charge in [0.15, 0.2) is 10.8 Å². The number of thiazole rings is 1. The second kappa shape index (κ2) is 3.85. The molecule has 0 spiro atoms. The van der Waals surface area contributed by atoms with Crippen molar-refractivity contribution in [2.75, 3.05) is 11.9 Å². The van der Waals surface area contributed by atoms with Gasteiger partial charge in [0.25, 0.3) is 0 Å². The molecular formula is C6H6N2O4S. The van der Waals surface area contributed by atoms with E-state index in [9.17, 15) is 9.59 Å². The lowest BCUT2D eigenvalue weighted by Crippen LogP contribution is -2.12. The zero-order chi connectivity index (χ0) is 9.84. The normalized spacial score (nSPS) is 9.54. The molecule has 0 radical (unpaired) electrons. The first-order valence-corrected chi connectivity index (χ1v) is 4.12. The third-order valence-electron chi connectivity index (χ3n) is 1.11. The largest absolute Gasteiger partial charge is 0.480 e. The van der Waals surface area contributed by atoms with Crippen LogP contribution in [0.15, 0.2) is 5.38 Å². The molecule has 1 heterocycles. The highest BCUT2D eigenvalue weighted by molar-refractivity contribution is 7.13. The van der Waals surface area contributed by atoms with E-state index in [2.05, 4.69) is 10.3 Å². The van der Waals surface area contributed by atoms with Crippen molar-refractivity contribution in [2.24, 2.45) is 0 Å². The lowest BCUT2D eigenvalue weighted by molar-refractivity contribution is -0.134. The van der Waals surface area contributed by atoms with Crippen molar-refractivity contribution in [1.29, 1.82) is 0 Å². The van der Waals surface area contributed by atoms with E-state index in [1.165, 1.54) is 5.38 Å². The van der Waals surface area contributed by atoms with Gasteiger partial charge in [-0.15, -0.1) is 11.3 Å². The molecule has 0 bridgehead atoms. The Kier molecular flexibility index (Phi) is 2.80. The van der Waals surface area contributed by atoms with E-state index in [-0.39, 0.29) is 12.2 Å². The highest BCUT2D eigenvalue weighted by Gasteiger charge is 2.08. The fourth-order valence-corrected chi connectivity index (χ4v) is 1.29. The van der Waals surface area contributed by atoms with Crippen LogP contribution in [0, 0.1) is 0 Å². The Hall–Kier alpha value is -1.63. The third kappa shape index (κ3) is 2.71. The molecule has 0 aromatic carbocycles. The molecule has 1 aromatic heterocycles. The van der Waals surface area contributed by atoms with Gasteiger partial charge in [-0.25, -0.2) is 9.78 Å². The van der Waals surface area contributed by atoms with E-state index >= 15 is 0 Å². The van der Waals surface area contributed by atoms with E-state index < -0.39 is 11.9 Å². The van der Waals surface area contributed by atoms with Crippen molar-refractivity contribution in [2.45, 2.75) is 0 Å². The maximum atomic E-state index is 10.4. The van der Waals surface area contributed by atoms with Gasteiger partial charge in [-0.3, -0.25) is 4.79 Å². The van der Waals surface area contributed by atoms with Crippen LogP contribution in [0.2, 0.25) is 0 Å². The fourth-order valence-electron chi connectivity index (χ4n) is 0.604. The summed E-state index contributed by atoms with van der Waals surface area (Å²) < 4.78 is 0. The predicted molar refractivity (Wildman–Crippen MR) is 45.2 cm³/mol. The van der Waals surface area contributed by atoms with Crippen LogP contribution < -0.4 is 5.32 Å². The summed E-state index contributed by atoms with van der Waals surface area (Å²) in [5.74, 6) is -2.15. The first kappa shape index (κ1) is 9.46. The summed E-state index contributed by atoms with van der Waals surface area (Å²) in [7, 11) is 0. The fraction of sp³-hybridized carbons (Fsp3) is 0.167. The molecule has 0 aliphatic rings. The summed E-state index contributed by atoms with van der Waals surface area (Å²) in [6.07, 6.45) is 0. The monoisotopic (exact) mass is 202 g/mol. The van der Waals surface area contributed by atoms with E-state index in [4.69, 9.17) is 10.2 Å². The van der Waals surface area contributed by atoms with Crippen molar-refractivity contribution in [1.82, 2.24) is 4.98 Å². The minimum Gasteiger partial charge on any atom is -0.480 e. The van der Waals surface area contributed by atoms with Gasteiger partial charge in [-0.2, -0.15) is 0 Å². The van der Waals surface area contributed by atoms with Crippen LogP contribution in [0.1, 0.15) is 10.5 Å². The maximum Gasteiger partial charge on any atom is 0.355 e. The van der Waals surface area contributed by atoms with E-state index in [1.807, 2.05) is 0 Å². The number of nitrogens with one attached hydrogen (secondary N) is 1. The average Bonchev–Trinajstić information content (AvgIpc) is 2.48. The van der Waals surface area contributed by atoms with Crippen molar-refractivity contribution < 1.29 is 19.8 Å². The first-order valence-electron chi connectivity index (χ1n) is 3.24. The van der Waals surface area contributed by atoms with Crippen LogP contribution in [-0.4, -0.2) is 33.7 Å². The van der Waals surface area contributed by atoms with Crippen LogP contribution in [0.3, 0.4) is 0 Å². The van der Waals surface area contributed by atoms with Crippen LogP contribution in [0.5, 0.6) is 0 Å². The number of aromatic nitrogens is 1. The summed E-state index contributed by atoms with van der Waals surface area (Å²) in [5.41, 5.74) is -0.0853. The van der Waals surface area contributed by atoms with Gasteiger partial charge in [0, 0.05) is 5.38 Å². The summed E-state index contributed by atoms with van der Waals surface area (Å²) in [5, 5.41) is 20.9. The third-order valence-corrected chi connectivity index (χ3v) is 1.91. The number of carboxylic acids is 2. The van der Waals surface area contributed by atoms with Crippen LogP contribution >= 0.6 is 11.3 Å². The second-order valence-electron chi connectivity index (χ2n) is 2.09. The molecule has 0 saturated heterocycles. The standard InChI is InChI=1S/C6H6N2O4S/c9-4(10)1-7-6-8-3(2-13-6)5(11)12/h2H,1H2,(H,7,8)(H,9,10)(H,11,12). The van der Waals surface area contributed by atoms with Gasteiger partial charge in [0.05, 0.1) is 0 Å². The molecule has 7 heteroatoms. The van der Waals surface area contributed by atoms with Gasteiger partial charge < -0.3 is 15.5 Å². The molecule has 0 amide bonds. The molecule has 0 unspecified atom stereocenters. The quantitative estimate of drug-likeness (QED) is 0.651. The number of carboxylic acid groups (broad SMARTS) is 2. The molecule has 0 aliphatic heterocycles. The molecule has 0 fully saturated rings. The van der Waals surface area contributed by atoms with E-state index in [0.29, 0.717) is 5.13 Å². The highest BCUT2D eigenvalue weighted by atomic mass is 32.1. The molecule has 0 atom stereocenters. The van der Waals surface area contributed by atoms with Gasteiger partial charge in [-0.05, 0) is 0 Å². The number of hydrogen-bond acceptors (Lipinski definition) is 5. The lowest BCUT2D eigenvalue weighted by atomic mass is 10.5. The molecule has 70 valence electrons. The number of rotatable bonds is 4. The van der Waals surface area contributed by atoms with Gasteiger partial charge in [-0.1, -0.05) is 0 Å². The van der Waals surface area contributed by atoms with Gasteiger partial charge in [0.1, 0.15) is 6.54 Å². The summed E-state index contributed by atoms with van der Waals surface area (Å²) >= 11 is 1.05. The van der Waals surface area contributed by atoms with E-state index in [1.54, 1.807) is 0 Å². The van der Waals surface area contributed by atoms with Crippen molar-refractivity contribution >= 4 is 28.4 Å². The Morgan fingerprint density at radius 3 is 2.69 bits per heavy atom. The molecule has 1 aromatic rings. The number of aliphatic carboxylic acids is 1. The SMILES string of the molecule is O=C(O)CNc1nc(C(=O)O)cs1. The number of carbonyl (C=O) groups is 2. The molecular weight excluding hydrogens is 196 g/mol. The van der Waals surface area contributed by atoms with Crippen LogP contribution in [-0.2, 0) is 4.79 Å². The van der Waals surface area contributed by atoms with Crippen molar-refractivity contribution in [3.63, 3.8) is 0 Å². The molecule has 13 heavy (non-hydrogen) atoms. The van der Waals surface area contributed by atoms with Crippen molar-refractivity contribution in [3.05, 3.63) is 11.1 Å².